The van der Waals surface area contributed by atoms with Crippen molar-refractivity contribution in [3.8, 4) is 5.75 Å². The van der Waals surface area contributed by atoms with Gasteiger partial charge in [-0.3, -0.25) is 4.79 Å². The number of carboxylic acids is 1. The Kier molecular flexibility index (Phi) is 5.83. The summed E-state index contributed by atoms with van der Waals surface area (Å²) in [6.07, 6.45) is 1.27. The molecule has 0 spiro atoms. The molecule has 106 valence electrons. The van der Waals surface area contributed by atoms with E-state index in [-0.39, 0.29) is 0 Å². The van der Waals surface area contributed by atoms with Crippen LogP contribution in [0.2, 0.25) is 0 Å². The number of carboxylic acid groups (broad SMARTS) is 1. The van der Waals surface area contributed by atoms with Gasteiger partial charge in [-0.25, -0.2) is 0 Å². The minimum Gasteiger partial charge on any atom is -0.497 e. The number of aliphatic carboxylic acids is 1. The Morgan fingerprint density at radius 3 is 2.26 bits per heavy atom. The molecular formula is C15H23NO3. The Bertz CT molecular complexity index is 396. The van der Waals surface area contributed by atoms with Crippen molar-refractivity contribution in [1.29, 1.82) is 0 Å². The Morgan fingerprint density at radius 2 is 1.84 bits per heavy atom. The van der Waals surface area contributed by atoms with Crippen molar-refractivity contribution in [2.45, 2.75) is 33.2 Å². The maximum atomic E-state index is 11.4. The van der Waals surface area contributed by atoms with Crippen molar-refractivity contribution in [2.75, 3.05) is 13.7 Å². The number of nitrogens with one attached hydrogen (secondary N) is 1. The fourth-order valence-electron chi connectivity index (χ4n) is 2.07. The predicted octanol–water partition coefficient (Wildman–Crippen LogP) is 2.68. The summed E-state index contributed by atoms with van der Waals surface area (Å²) in [4.78, 5) is 11.4. The van der Waals surface area contributed by atoms with Crippen LogP contribution >= 0.6 is 0 Å². The maximum Gasteiger partial charge on any atom is 0.310 e. The molecule has 1 rings (SSSR count). The molecule has 4 nitrogen and oxygen atoms in total. The molecule has 0 heterocycles. The van der Waals surface area contributed by atoms with E-state index >= 15 is 0 Å². The molecule has 0 aliphatic heterocycles. The average Bonchev–Trinajstić information content (AvgIpc) is 2.44. The van der Waals surface area contributed by atoms with E-state index in [4.69, 9.17) is 4.74 Å². The highest BCUT2D eigenvalue weighted by Crippen LogP contribution is 2.25. The number of ether oxygens (including phenoxy) is 1. The van der Waals surface area contributed by atoms with Gasteiger partial charge in [-0.1, -0.05) is 26.0 Å². The Hall–Kier alpha value is -1.55. The van der Waals surface area contributed by atoms with Gasteiger partial charge in [0.1, 0.15) is 5.75 Å². The molecule has 2 N–H and O–H groups in total. The van der Waals surface area contributed by atoms with Crippen molar-refractivity contribution in [3.63, 3.8) is 0 Å². The lowest BCUT2D eigenvalue weighted by molar-refractivity contribution is -0.149. The smallest absolute Gasteiger partial charge is 0.310 e. The minimum atomic E-state index is -0.722. The van der Waals surface area contributed by atoms with Gasteiger partial charge in [0.05, 0.1) is 12.5 Å². The Balaban J connectivity index is 2.54. The predicted molar refractivity (Wildman–Crippen MR) is 75.4 cm³/mol. The highest BCUT2D eigenvalue weighted by atomic mass is 16.5. The van der Waals surface area contributed by atoms with Gasteiger partial charge in [-0.15, -0.1) is 0 Å². The normalized spacial score (nSPS) is 11.3. The Morgan fingerprint density at radius 1 is 1.26 bits per heavy atom. The molecular weight excluding hydrogens is 242 g/mol. The monoisotopic (exact) mass is 265 g/mol. The largest absolute Gasteiger partial charge is 0.497 e. The second-order valence-electron chi connectivity index (χ2n) is 4.74. The first-order chi connectivity index (χ1) is 9.07. The van der Waals surface area contributed by atoms with Crippen LogP contribution in [0.5, 0.6) is 5.75 Å². The van der Waals surface area contributed by atoms with Crippen molar-refractivity contribution >= 4 is 5.97 Å². The van der Waals surface area contributed by atoms with Crippen molar-refractivity contribution < 1.29 is 14.6 Å². The minimum absolute atomic E-state index is 0.487. The lowest BCUT2D eigenvalue weighted by Crippen LogP contribution is -2.39. The number of rotatable bonds is 8. The van der Waals surface area contributed by atoms with Gasteiger partial charge < -0.3 is 15.2 Å². The second-order valence-corrected chi connectivity index (χ2v) is 4.74. The van der Waals surface area contributed by atoms with E-state index in [2.05, 4.69) is 5.32 Å². The number of hydrogen-bond acceptors (Lipinski definition) is 3. The highest BCUT2D eigenvalue weighted by molar-refractivity contribution is 5.74. The summed E-state index contributed by atoms with van der Waals surface area (Å²) in [6, 6.07) is 7.76. The van der Waals surface area contributed by atoms with Crippen LogP contribution in [0.15, 0.2) is 24.3 Å². The highest BCUT2D eigenvalue weighted by Gasteiger charge is 2.34. The lowest BCUT2D eigenvalue weighted by atomic mass is 9.82. The van der Waals surface area contributed by atoms with Crippen LogP contribution in [0.3, 0.4) is 0 Å². The summed E-state index contributed by atoms with van der Waals surface area (Å²) in [5.41, 5.74) is 0.458. The molecule has 0 bridgehead atoms. The molecule has 1 aromatic carbocycles. The quantitative estimate of drug-likeness (QED) is 0.758. The molecule has 0 aliphatic rings. The topological polar surface area (TPSA) is 58.6 Å². The van der Waals surface area contributed by atoms with Crippen LogP contribution in [-0.4, -0.2) is 24.7 Å². The fraction of sp³-hybridized carbons (Fsp3) is 0.533. The molecule has 0 fully saturated rings. The third kappa shape index (κ3) is 3.96. The first-order valence-electron chi connectivity index (χ1n) is 6.65. The zero-order valence-electron chi connectivity index (χ0n) is 11.9. The van der Waals surface area contributed by atoms with Crippen molar-refractivity contribution in [1.82, 2.24) is 5.32 Å². The zero-order chi connectivity index (χ0) is 14.3. The van der Waals surface area contributed by atoms with Gasteiger partial charge in [0.15, 0.2) is 0 Å². The third-order valence-electron chi connectivity index (χ3n) is 3.76. The van der Waals surface area contributed by atoms with Crippen molar-refractivity contribution in [2.24, 2.45) is 5.41 Å². The molecule has 0 radical (unpaired) electrons. The molecule has 0 aliphatic carbocycles. The average molecular weight is 265 g/mol. The van der Waals surface area contributed by atoms with Crippen LogP contribution in [0.4, 0.5) is 0 Å². The van der Waals surface area contributed by atoms with E-state index in [0.717, 1.165) is 11.3 Å². The van der Waals surface area contributed by atoms with E-state index < -0.39 is 11.4 Å². The third-order valence-corrected chi connectivity index (χ3v) is 3.76. The molecule has 0 atom stereocenters. The van der Waals surface area contributed by atoms with Crippen LogP contribution in [0.1, 0.15) is 32.3 Å². The van der Waals surface area contributed by atoms with Gasteiger partial charge in [0.25, 0.3) is 0 Å². The summed E-state index contributed by atoms with van der Waals surface area (Å²) < 4.78 is 5.10. The van der Waals surface area contributed by atoms with E-state index in [1.165, 1.54) is 0 Å². The fourth-order valence-corrected chi connectivity index (χ4v) is 2.07. The Labute approximate surface area is 114 Å². The molecule has 4 heteroatoms. The number of methoxy groups -OCH3 is 1. The van der Waals surface area contributed by atoms with Crippen LogP contribution < -0.4 is 10.1 Å². The van der Waals surface area contributed by atoms with E-state index in [9.17, 15) is 9.90 Å². The van der Waals surface area contributed by atoms with Crippen LogP contribution in [-0.2, 0) is 11.3 Å². The summed E-state index contributed by atoms with van der Waals surface area (Å²) in [6.45, 7) is 5.00. The summed E-state index contributed by atoms with van der Waals surface area (Å²) in [5.74, 6) is 0.102. The van der Waals surface area contributed by atoms with E-state index in [1.807, 2.05) is 38.1 Å². The number of benzene rings is 1. The van der Waals surface area contributed by atoms with Crippen LogP contribution in [0, 0.1) is 5.41 Å². The summed E-state index contributed by atoms with van der Waals surface area (Å²) >= 11 is 0. The molecule has 1 aromatic rings. The summed E-state index contributed by atoms with van der Waals surface area (Å²) in [5, 5.41) is 12.6. The molecule has 0 unspecified atom stereocenters. The number of carbonyl (C=O) groups is 1. The molecule has 0 saturated carbocycles. The summed E-state index contributed by atoms with van der Waals surface area (Å²) in [7, 11) is 1.64. The SMILES string of the molecule is CCC(CC)(CNCc1ccc(OC)cc1)C(=O)O. The van der Waals surface area contributed by atoms with Crippen molar-refractivity contribution in [3.05, 3.63) is 29.8 Å². The van der Waals surface area contributed by atoms with Gasteiger partial charge in [0, 0.05) is 13.1 Å². The van der Waals surface area contributed by atoms with Gasteiger partial charge >= 0.3 is 5.97 Å². The molecule has 0 saturated heterocycles. The molecule has 19 heavy (non-hydrogen) atoms. The van der Waals surface area contributed by atoms with Gasteiger partial charge in [0.2, 0.25) is 0 Å². The number of hydrogen-bond donors (Lipinski definition) is 2. The maximum absolute atomic E-state index is 11.4. The molecule has 0 amide bonds. The zero-order valence-corrected chi connectivity index (χ0v) is 11.9. The van der Waals surface area contributed by atoms with E-state index in [1.54, 1.807) is 7.11 Å². The van der Waals surface area contributed by atoms with Crippen LogP contribution in [0.25, 0.3) is 0 Å². The lowest BCUT2D eigenvalue weighted by Gasteiger charge is -2.27. The standard InChI is InChI=1S/C15H23NO3/c1-4-15(5-2,14(17)18)11-16-10-12-6-8-13(19-3)9-7-12/h6-9,16H,4-5,10-11H2,1-3H3,(H,17,18). The van der Waals surface area contributed by atoms with E-state index in [0.29, 0.717) is 25.9 Å². The second kappa shape index (κ2) is 7.14. The van der Waals surface area contributed by atoms with Gasteiger partial charge in [-0.2, -0.15) is 0 Å². The molecule has 0 aromatic heterocycles. The first kappa shape index (κ1) is 15.5. The van der Waals surface area contributed by atoms with Gasteiger partial charge in [-0.05, 0) is 30.5 Å². The first-order valence-corrected chi connectivity index (χ1v) is 6.65.